The van der Waals surface area contributed by atoms with Crippen molar-refractivity contribution in [3.8, 4) is 5.75 Å². The van der Waals surface area contributed by atoms with Gasteiger partial charge in [-0.15, -0.1) is 6.58 Å². The third-order valence-corrected chi connectivity index (χ3v) is 4.76. The molecule has 2 unspecified atom stereocenters. The number of fused-ring (bicyclic) bond motifs is 1. The van der Waals surface area contributed by atoms with Crippen molar-refractivity contribution in [2.75, 3.05) is 20.2 Å². The van der Waals surface area contributed by atoms with Crippen LogP contribution in [0.25, 0.3) is 0 Å². The number of hydrogen-bond donors (Lipinski definition) is 1. The molecule has 2 fully saturated rings. The van der Waals surface area contributed by atoms with Crippen molar-refractivity contribution in [3.63, 3.8) is 0 Å². The van der Waals surface area contributed by atoms with Crippen LogP contribution in [0.2, 0.25) is 0 Å². The number of halogens is 3. The molecule has 1 saturated heterocycles. The maximum Gasteiger partial charge on any atom is 0.419 e. The molecule has 1 aromatic rings. The van der Waals surface area contributed by atoms with Crippen molar-refractivity contribution >= 4 is 0 Å². The molecule has 2 nitrogen and oxygen atoms in total. The summed E-state index contributed by atoms with van der Waals surface area (Å²) < 4.78 is 44.1. The normalized spacial score (nSPS) is 31.8. The molecule has 3 rings (SSSR count). The van der Waals surface area contributed by atoms with E-state index in [0.717, 1.165) is 18.5 Å². The summed E-state index contributed by atoms with van der Waals surface area (Å²) >= 11 is 0. The summed E-state index contributed by atoms with van der Waals surface area (Å²) in [6.45, 7) is 5.32. The van der Waals surface area contributed by atoms with Crippen molar-refractivity contribution in [2.45, 2.75) is 18.0 Å². The van der Waals surface area contributed by atoms with Gasteiger partial charge in [-0.25, -0.2) is 0 Å². The first-order valence-electron chi connectivity index (χ1n) is 6.49. The second-order valence-electron chi connectivity index (χ2n) is 5.64. The minimum absolute atomic E-state index is 0.0928. The van der Waals surface area contributed by atoms with Crippen LogP contribution in [-0.4, -0.2) is 20.2 Å². The van der Waals surface area contributed by atoms with Gasteiger partial charge in [0.2, 0.25) is 0 Å². The van der Waals surface area contributed by atoms with Crippen LogP contribution < -0.4 is 10.1 Å². The molecule has 0 amide bonds. The summed E-state index contributed by atoms with van der Waals surface area (Å²) in [4.78, 5) is 0. The number of alkyl halides is 3. The van der Waals surface area contributed by atoms with Crippen molar-refractivity contribution in [3.05, 3.63) is 42.0 Å². The lowest BCUT2D eigenvalue weighted by Crippen LogP contribution is -2.20. The Morgan fingerprint density at radius 1 is 1.35 bits per heavy atom. The highest BCUT2D eigenvalue weighted by Gasteiger charge is 2.69. The zero-order valence-electron chi connectivity index (χ0n) is 11.2. The molecule has 0 aromatic heterocycles. The Labute approximate surface area is 115 Å². The average Bonchev–Trinajstić information content (AvgIpc) is 2.94. The zero-order chi connectivity index (χ0) is 14.6. The first-order valence-corrected chi connectivity index (χ1v) is 6.49. The monoisotopic (exact) mass is 283 g/mol. The second-order valence-corrected chi connectivity index (χ2v) is 5.64. The molecule has 2 aliphatic rings. The summed E-state index contributed by atoms with van der Waals surface area (Å²) in [7, 11) is 1.25. The van der Waals surface area contributed by atoms with Gasteiger partial charge in [-0.1, -0.05) is 12.1 Å². The SMILES string of the molecule is C=CC12CNCC1(c1ccc(OC)c(C(F)(F)F)c1)C2. The van der Waals surface area contributed by atoms with Gasteiger partial charge >= 0.3 is 6.18 Å². The van der Waals surface area contributed by atoms with E-state index in [1.165, 1.54) is 19.2 Å². The van der Waals surface area contributed by atoms with E-state index >= 15 is 0 Å². The molecule has 20 heavy (non-hydrogen) atoms. The van der Waals surface area contributed by atoms with Gasteiger partial charge < -0.3 is 10.1 Å². The Morgan fingerprint density at radius 2 is 2.10 bits per heavy atom. The van der Waals surface area contributed by atoms with Crippen LogP contribution in [0.1, 0.15) is 17.5 Å². The van der Waals surface area contributed by atoms with Gasteiger partial charge in [0.1, 0.15) is 5.75 Å². The van der Waals surface area contributed by atoms with Crippen molar-refractivity contribution in [1.29, 1.82) is 0 Å². The molecular weight excluding hydrogens is 267 g/mol. The second kappa shape index (κ2) is 4.01. The van der Waals surface area contributed by atoms with Crippen LogP contribution in [0.5, 0.6) is 5.75 Å². The lowest BCUT2D eigenvalue weighted by Gasteiger charge is -2.19. The lowest BCUT2D eigenvalue weighted by molar-refractivity contribution is -0.138. The lowest BCUT2D eigenvalue weighted by atomic mass is 9.87. The molecule has 1 aliphatic carbocycles. The van der Waals surface area contributed by atoms with Crippen LogP contribution in [0.4, 0.5) is 13.2 Å². The number of rotatable bonds is 3. The topological polar surface area (TPSA) is 21.3 Å². The molecule has 1 heterocycles. The largest absolute Gasteiger partial charge is 0.496 e. The number of methoxy groups -OCH3 is 1. The number of benzene rings is 1. The third-order valence-electron chi connectivity index (χ3n) is 4.76. The Morgan fingerprint density at radius 3 is 2.65 bits per heavy atom. The van der Waals surface area contributed by atoms with E-state index in [1.807, 2.05) is 6.08 Å². The van der Waals surface area contributed by atoms with E-state index in [2.05, 4.69) is 11.9 Å². The Balaban J connectivity index is 2.07. The fourth-order valence-electron chi connectivity index (χ4n) is 3.52. The molecule has 1 aliphatic heterocycles. The molecular formula is C15H16F3NO. The molecule has 5 heteroatoms. The molecule has 0 bridgehead atoms. The summed E-state index contributed by atoms with van der Waals surface area (Å²) in [6.07, 6.45) is -1.67. The van der Waals surface area contributed by atoms with Crippen molar-refractivity contribution in [2.24, 2.45) is 5.41 Å². The van der Waals surface area contributed by atoms with E-state index in [1.54, 1.807) is 6.07 Å². The quantitative estimate of drug-likeness (QED) is 0.861. The highest BCUT2D eigenvalue weighted by atomic mass is 19.4. The molecule has 1 N–H and O–H groups in total. The van der Waals surface area contributed by atoms with E-state index in [-0.39, 0.29) is 16.6 Å². The van der Waals surface area contributed by atoms with Crippen molar-refractivity contribution < 1.29 is 17.9 Å². The first-order chi connectivity index (χ1) is 9.38. The average molecular weight is 283 g/mol. The number of piperidine rings is 1. The number of nitrogens with one attached hydrogen (secondary N) is 1. The van der Waals surface area contributed by atoms with Gasteiger partial charge in [0.05, 0.1) is 12.7 Å². The van der Waals surface area contributed by atoms with Crippen LogP contribution in [-0.2, 0) is 11.6 Å². The van der Waals surface area contributed by atoms with Gasteiger partial charge in [-0.3, -0.25) is 0 Å². The number of hydrogen-bond acceptors (Lipinski definition) is 2. The minimum atomic E-state index is -4.41. The molecule has 0 radical (unpaired) electrons. The maximum absolute atomic E-state index is 13.1. The fraction of sp³-hybridized carbons (Fsp3) is 0.467. The smallest absolute Gasteiger partial charge is 0.419 e. The van der Waals surface area contributed by atoms with Gasteiger partial charge in [-0.2, -0.15) is 13.2 Å². The van der Waals surface area contributed by atoms with Gasteiger partial charge in [0.15, 0.2) is 0 Å². The Hall–Kier alpha value is -1.49. The molecule has 108 valence electrons. The van der Waals surface area contributed by atoms with Crippen LogP contribution >= 0.6 is 0 Å². The summed E-state index contributed by atoms with van der Waals surface area (Å²) in [5.41, 5.74) is -0.315. The Bertz CT molecular complexity index is 569. The minimum Gasteiger partial charge on any atom is -0.496 e. The predicted octanol–water partition coefficient (Wildman–Crippen LogP) is 3.13. The zero-order valence-corrected chi connectivity index (χ0v) is 11.2. The van der Waals surface area contributed by atoms with Crippen LogP contribution in [0.15, 0.2) is 30.9 Å². The molecule has 1 aromatic carbocycles. The molecule has 0 spiro atoms. The molecule has 2 atom stereocenters. The maximum atomic E-state index is 13.1. The van der Waals surface area contributed by atoms with Crippen LogP contribution in [0.3, 0.4) is 0 Å². The number of ether oxygens (including phenoxy) is 1. The van der Waals surface area contributed by atoms with Gasteiger partial charge in [0, 0.05) is 23.9 Å². The highest BCUT2D eigenvalue weighted by Crippen LogP contribution is 2.67. The van der Waals surface area contributed by atoms with E-state index in [4.69, 9.17) is 4.74 Å². The van der Waals surface area contributed by atoms with Crippen LogP contribution in [0, 0.1) is 5.41 Å². The van der Waals surface area contributed by atoms with E-state index < -0.39 is 11.7 Å². The van der Waals surface area contributed by atoms with Gasteiger partial charge in [-0.05, 0) is 24.1 Å². The molecule has 1 saturated carbocycles. The summed E-state index contributed by atoms with van der Waals surface area (Å²) in [5, 5.41) is 3.26. The van der Waals surface area contributed by atoms with Gasteiger partial charge in [0.25, 0.3) is 0 Å². The standard InChI is InChI=1S/C15H16F3NO/c1-3-13-7-14(13,9-19-8-13)10-4-5-12(20-2)11(6-10)15(16,17)18/h3-6,19H,1,7-9H2,2H3. The third kappa shape index (κ3) is 1.62. The van der Waals surface area contributed by atoms with E-state index in [9.17, 15) is 13.2 Å². The fourth-order valence-corrected chi connectivity index (χ4v) is 3.52. The van der Waals surface area contributed by atoms with Crippen molar-refractivity contribution in [1.82, 2.24) is 5.32 Å². The highest BCUT2D eigenvalue weighted by molar-refractivity contribution is 5.50. The first kappa shape index (κ1) is 13.5. The van der Waals surface area contributed by atoms with E-state index in [0.29, 0.717) is 6.54 Å². The summed E-state index contributed by atoms with van der Waals surface area (Å²) in [6, 6.07) is 4.39. The predicted molar refractivity (Wildman–Crippen MR) is 69.8 cm³/mol. The summed E-state index contributed by atoms with van der Waals surface area (Å²) in [5.74, 6) is -0.131. The Kier molecular flexibility index (Phi) is 2.70.